The van der Waals surface area contributed by atoms with E-state index >= 15 is 0 Å². The molecule has 8 heteroatoms. The van der Waals surface area contributed by atoms with Crippen molar-refractivity contribution in [1.29, 1.82) is 0 Å². The number of H-pyrrole nitrogens is 1. The summed E-state index contributed by atoms with van der Waals surface area (Å²) in [5, 5.41) is 14.4. The number of amides is 1. The number of carbonyl (C=O) groups excluding carboxylic acids is 1. The number of aromatic nitrogens is 2. The van der Waals surface area contributed by atoms with Gasteiger partial charge in [-0.25, -0.2) is 0 Å². The lowest BCUT2D eigenvalue weighted by Gasteiger charge is -2.19. The van der Waals surface area contributed by atoms with Gasteiger partial charge in [-0.1, -0.05) is 11.6 Å². The molecule has 3 N–H and O–H groups in total. The van der Waals surface area contributed by atoms with Crippen LogP contribution in [0.5, 0.6) is 0 Å². The van der Waals surface area contributed by atoms with E-state index in [2.05, 4.69) is 25.7 Å². The zero-order valence-corrected chi connectivity index (χ0v) is 15.3. The summed E-state index contributed by atoms with van der Waals surface area (Å²) in [4.78, 5) is 14.8. The van der Waals surface area contributed by atoms with E-state index in [1.807, 2.05) is 24.3 Å². The van der Waals surface area contributed by atoms with Crippen LogP contribution in [-0.2, 0) is 13.0 Å². The molecule has 2 aliphatic rings. The fourth-order valence-electron chi connectivity index (χ4n) is 3.43. The van der Waals surface area contributed by atoms with Crippen LogP contribution in [0.2, 0.25) is 5.02 Å². The van der Waals surface area contributed by atoms with Crippen molar-refractivity contribution in [2.45, 2.75) is 25.4 Å². The molecule has 1 fully saturated rings. The Labute approximate surface area is 157 Å². The van der Waals surface area contributed by atoms with Crippen LogP contribution in [0.1, 0.15) is 28.2 Å². The summed E-state index contributed by atoms with van der Waals surface area (Å²) in [7, 11) is 0. The molecule has 1 atom stereocenters. The highest BCUT2D eigenvalue weighted by atomic mass is 35.5. The molecule has 4 rings (SSSR count). The summed E-state index contributed by atoms with van der Waals surface area (Å²) in [5.41, 5.74) is 3.75. The van der Waals surface area contributed by atoms with Crippen molar-refractivity contribution < 1.29 is 4.79 Å². The second kappa shape index (κ2) is 7.64. The Morgan fingerprint density at radius 3 is 2.92 bits per heavy atom. The lowest BCUT2D eigenvalue weighted by Crippen LogP contribution is -2.38. The summed E-state index contributed by atoms with van der Waals surface area (Å²) < 4.78 is 0. The molecule has 0 aliphatic carbocycles. The molecule has 1 aromatic heterocycles. The van der Waals surface area contributed by atoms with E-state index in [9.17, 15) is 4.79 Å². The standard InChI is InChI=1S/C17H20ClN5O.ClH/c18-11-1-3-13(4-2-11)23-8-6-12(10-23)20-17(24)16-14-9-19-7-5-15(14)21-22-16;/h1-4,12,19H,5-10H2,(H,20,24)(H,21,22);1H. The van der Waals surface area contributed by atoms with Gasteiger partial charge >= 0.3 is 0 Å². The van der Waals surface area contributed by atoms with Crippen LogP contribution in [0, 0.1) is 0 Å². The monoisotopic (exact) mass is 381 g/mol. The molecule has 2 aliphatic heterocycles. The molecule has 134 valence electrons. The van der Waals surface area contributed by atoms with Gasteiger partial charge in [-0.15, -0.1) is 12.4 Å². The summed E-state index contributed by atoms with van der Waals surface area (Å²) in [6, 6.07) is 7.96. The molecule has 1 aromatic carbocycles. The van der Waals surface area contributed by atoms with Crippen molar-refractivity contribution >= 4 is 35.6 Å². The van der Waals surface area contributed by atoms with Crippen LogP contribution in [0.25, 0.3) is 0 Å². The largest absolute Gasteiger partial charge is 0.369 e. The Balaban J connectivity index is 0.00000182. The smallest absolute Gasteiger partial charge is 0.272 e. The van der Waals surface area contributed by atoms with Gasteiger partial charge in [0.05, 0.1) is 0 Å². The normalized spacial score (nSPS) is 19.2. The predicted molar refractivity (Wildman–Crippen MR) is 101 cm³/mol. The fourth-order valence-corrected chi connectivity index (χ4v) is 3.56. The van der Waals surface area contributed by atoms with Crippen molar-refractivity contribution in [2.24, 2.45) is 0 Å². The highest BCUT2D eigenvalue weighted by Crippen LogP contribution is 2.23. The lowest BCUT2D eigenvalue weighted by atomic mass is 10.1. The third kappa shape index (κ3) is 3.76. The quantitative estimate of drug-likeness (QED) is 0.761. The van der Waals surface area contributed by atoms with Crippen molar-refractivity contribution in [2.75, 3.05) is 24.5 Å². The molecule has 25 heavy (non-hydrogen) atoms. The predicted octanol–water partition coefficient (Wildman–Crippen LogP) is 2.14. The molecule has 1 unspecified atom stereocenters. The number of halogens is 2. The van der Waals surface area contributed by atoms with E-state index in [0.29, 0.717) is 12.2 Å². The van der Waals surface area contributed by atoms with E-state index < -0.39 is 0 Å². The van der Waals surface area contributed by atoms with Gasteiger partial charge in [-0.05, 0) is 30.7 Å². The maximum absolute atomic E-state index is 12.6. The molecular weight excluding hydrogens is 361 g/mol. The van der Waals surface area contributed by atoms with Gasteiger partial charge in [0.1, 0.15) is 0 Å². The van der Waals surface area contributed by atoms with Crippen LogP contribution in [0.4, 0.5) is 5.69 Å². The highest BCUT2D eigenvalue weighted by Gasteiger charge is 2.27. The van der Waals surface area contributed by atoms with Gasteiger partial charge < -0.3 is 15.5 Å². The molecule has 1 amide bonds. The molecule has 0 saturated carbocycles. The minimum Gasteiger partial charge on any atom is -0.369 e. The first-order valence-corrected chi connectivity index (χ1v) is 8.67. The molecule has 3 heterocycles. The van der Waals surface area contributed by atoms with Gasteiger partial charge in [-0.2, -0.15) is 5.10 Å². The Bertz CT molecular complexity index is 746. The third-order valence-electron chi connectivity index (χ3n) is 4.74. The lowest BCUT2D eigenvalue weighted by molar-refractivity contribution is 0.0934. The van der Waals surface area contributed by atoms with E-state index in [1.54, 1.807) is 0 Å². The average Bonchev–Trinajstić information content (AvgIpc) is 3.22. The zero-order chi connectivity index (χ0) is 16.5. The van der Waals surface area contributed by atoms with Crippen molar-refractivity contribution in [3.63, 3.8) is 0 Å². The molecule has 0 bridgehead atoms. The minimum absolute atomic E-state index is 0. The van der Waals surface area contributed by atoms with Crippen molar-refractivity contribution in [3.05, 3.63) is 46.2 Å². The minimum atomic E-state index is -0.0841. The van der Waals surface area contributed by atoms with E-state index in [4.69, 9.17) is 11.6 Å². The Morgan fingerprint density at radius 1 is 1.32 bits per heavy atom. The number of hydrogen-bond acceptors (Lipinski definition) is 4. The van der Waals surface area contributed by atoms with Gasteiger partial charge in [0.25, 0.3) is 5.91 Å². The first kappa shape index (κ1) is 18.0. The average molecular weight is 382 g/mol. The van der Waals surface area contributed by atoms with Crippen LogP contribution < -0.4 is 15.5 Å². The van der Waals surface area contributed by atoms with Gasteiger partial charge in [0.2, 0.25) is 0 Å². The molecule has 2 aromatic rings. The topological polar surface area (TPSA) is 73.0 Å². The third-order valence-corrected chi connectivity index (χ3v) is 4.99. The number of nitrogens with zero attached hydrogens (tertiary/aromatic N) is 2. The van der Waals surface area contributed by atoms with Crippen LogP contribution in [-0.4, -0.2) is 41.8 Å². The first-order chi connectivity index (χ1) is 11.7. The summed E-state index contributed by atoms with van der Waals surface area (Å²) in [6.45, 7) is 3.36. The molecule has 0 radical (unpaired) electrons. The Kier molecular flexibility index (Phi) is 5.51. The molecule has 1 saturated heterocycles. The number of anilines is 1. The van der Waals surface area contributed by atoms with Crippen molar-refractivity contribution in [1.82, 2.24) is 20.8 Å². The van der Waals surface area contributed by atoms with E-state index in [-0.39, 0.29) is 24.4 Å². The Hall–Kier alpha value is -1.76. The van der Waals surface area contributed by atoms with Gasteiger partial charge in [0.15, 0.2) is 5.69 Å². The highest BCUT2D eigenvalue weighted by molar-refractivity contribution is 6.30. The number of nitrogens with one attached hydrogen (secondary N) is 3. The Morgan fingerprint density at radius 2 is 2.12 bits per heavy atom. The molecule has 0 spiro atoms. The second-order valence-electron chi connectivity index (χ2n) is 6.34. The molecule has 6 nitrogen and oxygen atoms in total. The maximum Gasteiger partial charge on any atom is 0.272 e. The number of carbonyl (C=O) groups is 1. The van der Waals surface area contributed by atoms with E-state index in [1.165, 1.54) is 0 Å². The maximum atomic E-state index is 12.6. The van der Waals surface area contributed by atoms with Crippen LogP contribution >= 0.6 is 24.0 Å². The number of rotatable bonds is 3. The summed E-state index contributed by atoms with van der Waals surface area (Å²) >= 11 is 5.94. The molecular formula is C17H21Cl2N5O. The van der Waals surface area contributed by atoms with Crippen molar-refractivity contribution in [3.8, 4) is 0 Å². The van der Waals surface area contributed by atoms with Crippen LogP contribution in [0.15, 0.2) is 24.3 Å². The first-order valence-electron chi connectivity index (χ1n) is 8.29. The van der Waals surface area contributed by atoms with Gasteiger partial charge in [-0.3, -0.25) is 9.89 Å². The number of fused-ring (bicyclic) bond motifs is 1. The van der Waals surface area contributed by atoms with Crippen LogP contribution in [0.3, 0.4) is 0 Å². The van der Waals surface area contributed by atoms with Gasteiger partial charge in [0, 0.05) is 60.6 Å². The number of aromatic amines is 1. The second-order valence-corrected chi connectivity index (χ2v) is 6.77. The summed E-state index contributed by atoms with van der Waals surface area (Å²) in [6.07, 6.45) is 1.82. The fraction of sp³-hybridized carbons (Fsp3) is 0.412. The summed E-state index contributed by atoms with van der Waals surface area (Å²) in [5.74, 6) is -0.0841. The SMILES string of the molecule is Cl.O=C(NC1CCN(c2ccc(Cl)cc2)C1)c1n[nH]c2c1CNCC2. The number of benzene rings is 1. The van der Waals surface area contributed by atoms with E-state index in [0.717, 1.165) is 54.4 Å². The zero-order valence-electron chi connectivity index (χ0n) is 13.7. The number of hydrogen-bond donors (Lipinski definition) is 3.